The van der Waals surface area contributed by atoms with Gasteiger partial charge in [-0.2, -0.15) is 0 Å². The summed E-state index contributed by atoms with van der Waals surface area (Å²) in [7, 11) is 0. The minimum atomic E-state index is -0.483. The van der Waals surface area contributed by atoms with E-state index in [1.807, 2.05) is 20.8 Å². The number of halogens is 3. The molecule has 0 radical (unpaired) electrons. The average Bonchev–Trinajstić information content (AvgIpc) is 3.19. The zero-order valence-electron chi connectivity index (χ0n) is 18.0. The van der Waals surface area contributed by atoms with Crippen molar-refractivity contribution >= 4 is 69.8 Å². The Morgan fingerprint density at radius 2 is 1.82 bits per heavy atom. The number of rotatable bonds is 4. The Morgan fingerprint density at radius 3 is 2.52 bits per heavy atom. The largest absolute Gasteiger partial charge is 0.504 e. The number of furan rings is 1. The lowest BCUT2D eigenvalue weighted by molar-refractivity contribution is -0.115. The second kappa shape index (κ2) is 10.2. The normalized spacial score (nSPS) is 11.6. The number of nitrogens with one attached hydrogen (secondary N) is 2. The van der Waals surface area contributed by atoms with Crippen molar-refractivity contribution in [2.75, 3.05) is 5.32 Å². The van der Waals surface area contributed by atoms with Crippen LogP contribution < -0.4 is 10.6 Å². The van der Waals surface area contributed by atoms with Crippen molar-refractivity contribution in [2.24, 2.45) is 0 Å². The quantitative estimate of drug-likeness (QED) is 0.188. The zero-order valence-corrected chi connectivity index (χ0v) is 21.1. The van der Waals surface area contributed by atoms with Crippen LogP contribution in [0, 0.1) is 0 Å². The van der Waals surface area contributed by atoms with E-state index in [1.165, 1.54) is 12.2 Å². The molecule has 1 heterocycles. The maximum atomic E-state index is 12.3. The molecule has 0 aliphatic heterocycles. The van der Waals surface area contributed by atoms with Gasteiger partial charge in [-0.15, -0.1) is 0 Å². The van der Waals surface area contributed by atoms with Crippen molar-refractivity contribution in [2.45, 2.75) is 26.2 Å². The van der Waals surface area contributed by atoms with Crippen LogP contribution >= 0.6 is 47.0 Å². The molecule has 3 N–H and O–H groups in total. The van der Waals surface area contributed by atoms with Crippen LogP contribution in [-0.2, 0) is 10.2 Å². The van der Waals surface area contributed by atoms with Gasteiger partial charge in [-0.05, 0) is 65.7 Å². The van der Waals surface area contributed by atoms with Crippen molar-refractivity contribution in [1.29, 1.82) is 0 Å². The Labute approximate surface area is 212 Å². The molecular weight excluding hydrogens is 503 g/mol. The summed E-state index contributed by atoms with van der Waals surface area (Å²) in [6.45, 7) is 6.06. The van der Waals surface area contributed by atoms with Crippen LogP contribution in [0.4, 0.5) is 5.69 Å². The molecule has 0 fully saturated rings. The lowest BCUT2D eigenvalue weighted by Crippen LogP contribution is -2.33. The van der Waals surface area contributed by atoms with E-state index in [-0.39, 0.29) is 21.3 Å². The van der Waals surface area contributed by atoms with Gasteiger partial charge in [-0.25, -0.2) is 0 Å². The minimum Gasteiger partial charge on any atom is -0.504 e. The van der Waals surface area contributed by atoms with Gasteiger partial charge in [-0.3, -0.25) is 10.1 Å². The number of anilines is 1. The molecule has 0 saturated heterocycles. The summed E-state index contributed by atoms with van der Waals surface area (Å²) < 4.78 is 5.72. The van der Waals surface area contributed by atoms with Gasteiger partial charge in [0.1, 0.15) is 11.5 Å². The summed E-state index contributed by atoms with van der Waals surface area (Å²) >= 11 is 23.6. The SMILES string of the molecule is CC(C)(C)c1cc(Cl)c(O)c(NC(=S)NC(=O)C=Cc2ccc(-c3cccc(Cl)c3Cl)o2)c1. The number of hydrogen-bond donors (Lipinski definition) is 3. The molecule has 0 bridgehead atoms. The molecule has 0 aliphatic rings. The average molecular weight is 524 g/mol. The molecule has 172 valence electrons. The first-order valence-corrected chi connectivity index (χ1v) is 11.4. The Bertz CT molecular complexity index is 1250. The fraction of sp³-hybridized carbons (Fsp3) is 0.167. The standard InChI is InChI=1S/C24H21Cl3N2O3S/c1-24(2,3)13-11-17(26)22(31)18(12-13)28-23(33)29-20(30)10-8-14-7-9-19(32-14)15-5-4-6-16(25)21(15)27/h4-12,31H,1-3H3,(H2,28,29,30,33). The highest BCUT2D eigenvalue weighted by Gasteiger charge is 2.19. The van der Waals surface area contributed by atoms with E-state index in [0.29, 0.717) is 32.8 Å². The van der Waals surface area contributed by atoms with E-state index in [2.05, 4.69) is 10.6 Å². The number of benzene rings is 2. The molecule has 5 nitrogen and oxygen atoms in total. The molecule has 3 rings (SSSR count). The van der Waals surface area contributed by atoms with E-state index < -0.39 is 5.91 Å². The highest BCUT2D eigenvalue weighted by atomic mass is 35.5. The first-order valence-electron chi connectivity index (χ1n) is 9.83. The molecule has 0 aliphatic carbocycles. The van der Waals surface area contributed by atoms with E-state index in [4.69, 9.17) is 51.4 Å². The molecule has 1 aromatic heterocycles. The van der Waals surface area contributed by atoms with Gasteiger partial charge in [0.2, 0.25) is 5.91 Å². The van der Waals surface area contributed by atoms with Crippen LogP contribution in [0.1, 0.15) is 32.1 Å². The molecule has 0 unspecified atom stereocenters. The van der Waals surface area contributed by atoms with Gasteiger partial charge in [0.05, 0.1) is 20.8 Å². The molecule has 1 amide bonds. The topological polar surface area (TPSA) is 74.5 Å². The van der Waals surface area contributed by atoms with Crippen molar-refractivity contribution in [3.8, 4) is 17.1 Å². The number of thiocarbonyl (C=S) groups is 1. The number of carbonyl (C=O) groups excluding carboxylic acids is 1. The zero-order chi connectivity index (χ0) is 24.3. The van der Waals surface area contributed by atoms with Crippen LogP contribution in [0.5, 0.6) is 5.75 Å². The fourth-order valence-electron chi connectivity index (χ4n) is 2.87. The second-order valence-corrected chi connectivity index (χ2v) is 9.78. The van der Waals surface area contributed by atoms with E-state index in [1.54, 1.807) is 42.5 Å². The predicted molar refractivity (Wildman–Crippen MR) is 139 cm³/mol. The summed E-state index contributed by atoms with van der Waals surface area (Å²) in [6.07, 6.45) is 2.77. The molecule has 3 aromatic rings. The Balaban J connectivity index is 1.66. The predicted octanol–water partition coefficient (Wildman–Crippen LogP) is 7.44. The Morgan fingerprint density at radius 1 is 1.09 bits per heavy atom. The monoisotopic (exact) mass is 522 g/mol. The van der Waals surface area contributed by atoms with Crippen LogP contribution in [0.3, 0.4) is 0 Å². The van der Waals surface area contributed by atoms with E-state index >= 15 is 0 Å². The lowest BCUT2D eigenvalue weighted by Gasteiger charge is -2.21. The first kappa shape index (κ1) is 25.1. The third kappa shape index (κ3) is 6.30. The fourth-order valence-corrected chi connectivity index (χ4v) is 3.70. The number of phenols is 1. The molecule has 0 atom stereocenters. The van der Waals surface area contributed by atoms with Gasteiger partial charge in [0.25, 0.3) is 0 Å². The van der Waals surface area contributed by atoms with Crippen LogP contribution in [0.25, 0.3) is 17.4 Å². The molecule has 2 aromatic carbocycles. The summed E-state index contributed by atoms with van der Waals surface area (Å²) in [5, 5.41) is 16.6. The summed E-state index contributed by atoms with van der Waals surface area (Å²) in [6, 6.07) is 12.1. The highest BCUT2D eigenvalue weighted by molar-refractivity contribution is 7.80. The maximum Gasteiger partial charge on any atom is 0.250 e. The highest BCUT2D eigenvalue weighted by Crippen LogP contribution is 2.37. The molecule has 33 heavy (non-hydrogen) atoms. The summed E-state index contributed by atoms with van der Waals surface area (Å²) in [5.74, 6) is 0.326. The van der Waals surface area contributed by atoms with Gasteiger partial charge in [0.15, 0.2) is 10.9 Å². The van der Waals surface area contributed by atoms with Crippen LogP contribution in [-0.4, -0.2) is 16.1 Å². The first-order chi connectivity index (χ1) is 15.5. The number of hydrogen-bond acceptors (Lipinski definition) is 4. The third-order valence-corrected chi connectivity index (χ3v) is 5.97. The second-order valence-electron chi connectivity index (χ2n) is 8.18. The Kier molecular flexibility index (Phi) is 7.75. The van der Waals surface area contributed by atoms with E-state index in [0.717, 1.165) is 5.56 Å². The Hall–Kier alpha value is -2.51. The molecule has 0 saturated carbocycles. The van der Waals surface area contributed by atoms with Gasteiger partial charge >= 0.3 is 0 Å². The van der Waals surface area contributed by atoms with E-state index in [9.17, 15) is 9.90 Å². The molecule has 9 heteroatoms. The van der Waals surface area contributed by atoms with Crippen molar-refractivity contribution in [1.82, 2.24) is 5.32 Å². The van der Waals surface area contributed by atoms with Gasteiger partial charge in [-0.1, -0.05) is 61.6 Å². The number of aromatic hydroxyl groups is 1. The number of carbonyl (C=O) groups is 1. The minimum absolute atomic E-state index is 0.00733. The molecular formula is C24H21Cl3N2O3S. The van der Waals surface area contributed by atoms with Crippen LogP contribution in [0.15, 0.2) is 53.0 Å². The third-order valence-electron chi connectivity index (χ3n) is 4.66. The number of phenolic OH excluding ortho intramolecular Hbond substituents is 1. The smallest absolute Gasteiger partial charge is 0.250 e. The van der Waals surface area contributed by atoms with Crippen molar-refractivity contribution in [3.05, 3.63) is 74.9 Å². The summed E-state index contributed by atoms with van der Waals surface area (Å²) in [5.41, 5.74) is 1.65. The maximum absolute atomic E-state index is 12.3. The molecule has 0 spiro atoms. The van der Waals surface area contributed by atoms with Crippen molar-refractivity contribution in [3.63, 3.8) is 0 Å². The van der Waals surface area contributed by atoms with Crippen molar-refractivity contribution < 1.29 is 14.3 Å². The van der Waals surface area contributed by atoms with Gasteiger partial charge < -0.3 is 14.8 Å². The number of amides is 1. The van der Waals surface area contributed by atoms with Gasteiger partial charge in [0, 0.05) is 11.6 Å². The lowest BCUT2D eigenvalue weighted by atomic mass is 9.87. The van der Waals surface area contributed by atoms with Crippen LogP contribution in [0.2, 0.25) is 15.1 Å². The summed E-state index contributed by atoms with van der Waals surface area (Å²) in [4.78, 5) is 12.3.